The lowest BCUT2D eigenvalue weighted by molar-refractivity contribution is 0.869. The Balaban J connectivity index is 2.98. The van der Waals surface area contributed by atoms with E-state index < -0.39 is 0 Å². The van der Waals surface area contributed by atoms with Crippen molar-refractivity contribution in [2.45, 2.75) is 20.8 Å². The molecule has 0 bridgehead atoms. The molecule has 0 aliphatic carbocycles. The predicted octanol–water partition coefficient (Wildman–Crippen LogP) is 7.96. The van der Waals surface area contributed by atoms with Gasteiger partial charge in [0.1, 0.15) is 0 Å². The first-order valence-corrected chi connectivity index (χ1v) is 10.0. The van der Waals surface area contributed by atoms with Gasteiger partial charge in [-0.05, 0) is 51.2 Å². The van der Waals surface area contributed by atoms with Gasteiger partial charge in [0.05, 0.1) is 11.4 Å². The number of allylic oxidation sites excluding steroid dienone is 4. The van der Waals surface area contributed by atoms with Gasteiger partial charge in [-0.1, -0.05) is 63.3 Å². The Hall–Kier alpha value is -3.52. The van der Waals surface area contributed by atoms with Gasteiger partial charge in [-0.3, -0.25) is 0 Å². The van der Waals surface area contributed by atoms with Gasteiger partial charge >= 0.3 is 0 Å². The smallest absolute Gasteiger partial charge is 0.0537 e. The number of rotatable bonds is 9. The minimum atomic E-state index is 0.943. The van der Waals surface area contributed by atoms with E-state index in [9.17, 15) is 0 Å². The molecule has 0 N–H and O–H groups in total. The SMILES string of the molecule is C=C/C(=C\c1c(C=C)c(/C=C\C)n(C)c1C)n1c(C=C)c(C=C)c(C=C)c1/C=C\C. The summed E-state index contributed by atoms with van der Waals surface area (Å²) in [7, 11) is 2.07. The summed E-state index contributed by atoms with van der Waals surface area (Å²) < 4.78 is 4.34. The maximum Gasteiger partial charge on any atom is 0.0537 e. The van der Waals surface area contributed by atoms with Gasteiger partial charge in [0.25, 0.3) is 0 Å². The molecule has 2 heteroatoms. The molecule has 154 valence electrons. The molecule has 0 saturated heterocycles. The molecule has 0 atom stereocenters. The molecule has 0 spiro atoms. The van der Waals surface area contributed by atoms with Crippen LogP contribution in [0.15, 0.2) is 51.1 Å². The predicted molar refractivity (Wildman–Crippen MR) is 139 cm³/mol. The fourth-order valence-electron chi connectivity index (χ4n) is 3.87. The van der Waals surface area contributed by atoms with Crippen molar-refractivity contribution in [1.82, 2.24) is 9.13 Å². The first-order valence-electron chi connectivity index (χ1n) is 10.0. The molecular formula is C28H32N2. The van der Waals surface area contributed by atoms with E-state index in [1.807, 2.05) is 56.4 Å². The average molecular weight is 397 g/mol. The molecule has 0 saturated carbocycles. The zero-order chi connectivity index (χ0) is 22.4. The fourth-order valence-corrected chi connectivity index (χ4v) is 3.87. The van der Waals surface area contributed by atoms with E-state index >= 15 is 0 Å². The van der Waals surface area contributed by atoms with E-state index in [1.165, 1.54) is 0 Å². The van der Waals surface area contributed by atoms with E-state index in [4.69, 9.17) is 0 Å². The third kappa shape index (κ3) is 3.69. The van der Waals surface area contributed by atoms with E-state index in [2.05, 4.69) is 74.2 Å². The third-order valence-electron chi connectivity index (χ3n) is 5.36. The lowest BCUT2D eigenvalue weighted by Gasteiger charge is -2.12. The molecule has 0 aromatic carbocycles. The zero-order valence-corrected chi connectivity index (χ0v) is 18.7. The number of aromatic nitrogens is 2. The summed E-state index contributed by atoms with van der Waals surface area (Å²) >= 11 is 0. The van der Waals surface area contributed by atoms with Gasteiger partial charge in [0.2, 0.25) is 0 Å². The highest BCUT2D eigenvalue weighted by Crippen LogP contribution is 2.34. The Morgan fingerprint density at radius 1 is 0.700 bits per heavy atom. The van der Waals surface area contributed by atoms with Crippen LogP contribution in [0, 0.1) is 6.92 Å². The molecular weight excluding hydrogens is 364 g/mol. The van der Waals surface area contributed by atoms with Gasteiger partial charge in [0, 0.05) is 46.4 Å². The van der Waals surface area contributed by atoms with Crippen LogP contribution in [0.5, 0.6) is 0 Å². The molecule has 2 heterocycles. The molecule has 0 unspecified atom stereocenters. The van der Waals surface area contributed by atoms with Gasteiger partial charge in [0.15, 0.2) is 0 Å². The molecule has 0 radical (unpaired) electrons. The number of hydrogen-bond donors (Lipinski definition) is 0. The Morgan fingerprint density at radius 2 is 1.20 bits per heavy atom. The largest absolute Gasteiger partial charge is 0.347 e. The molecule has 2 aromatic heterocycles. The van der Waals surface area contributed by atoms with Crippen molar-refractivity contribution in [2.75, 3.05) is 0 Å². The van der Waals surface area contributed by atoms with Crippen LogP contribution in [0.2, 0.25) is 0 Å². The maximum absolute atomic E-state index is 4.11. The minimum absolute atomic E-state index is 0.943. The fraction of sp³-hybridized carbons (Fsp3) is 0.143. The maximum atomic E-state index is 4.11. The second-order valence-electron chi connectivity index (χ2n) is 6.88. The lowest BCUT2D eigenvalue weighted by atomic mass is 10.1. The van der Waals surface area contributed by atoms with Crippen molar-refractivity contribution < 1.29 is 0 Å². The van der Waals surface area contributed by atoms with Gasteiger partial charge < -0.3 is 9.13 Å². The molecule has 0 amide bonds. The van der Waals surface area contributed by atoms with E-state index in [-0.39, 0.29) is 0 Å². The molecule has 0 fully saturated rings. The highest BCUT2D eigenvalue weighted by molar-refractivity contribution is 5.89. The summed E-state index contributed by atoms with van der Waals surface area (Å²) in [5.74, 6) is 0. The summed E-state index contributed by atoms with van der Waals surface area (Å²) in [6.07, 6.45) is 19.8. The number of nitrogens with zero attached hydrogens (tertiary/aromatic N) is 2. The summed E-state index contributed by atoms with van der Waals surface area (Å²) in [4.78, 5) is 0. The Bertz CT molecular complexity index is 1100. The Labute approximate surface area is 181 Å². The lowest BCUT2D eigenvalue weighted by Crippen LogP contribution is -2.01. The van der Waals surface area contributed by atoms with Crippen LogP contribution in [-0.4, -0.2) is 9.13 Å². The van der Waals surface area contributed by atoms with Crippen LogP contribution in [0.3, 0.4) is 0 Å². The first kappa shape index (κ1) is 22.8. The van der Waals surface area contributed by atoms with Gasteiger partial charge in [-0.25, -0.2) is 0 Å². The standard InChI is InChI=1S/C28H32N2/c1-10-17-27-24(15-6)25(20(8)29(27)9)19-21(12-3)30-26(16-7)22(13-4)23(14-5)28(30)18-11-2/h10-19H,3-7H2,1-2,8-9H3/b17-10-,18-11-,21-19+. The minimum Gasteiger partial charge on any atom is -0.347 e. The van der Waals surface area contributed by atoms with Crippen LogP contribution < -0.4 is 0 Å². The van der Waals surface area contributed by atoms with Crippen molar-refractivity contribution >= 4 is 48.2 Å². The van der Waals surface area contributed by atoms with Crippen molar-refractivity contribution in [1.29, 1.82) is 0 Å². The third-order valence-corrected chi connectivity index (χ3v) is 5.36. The summed E-state index contributed by atoms with van der Waals surface area (Å²) in [5, 5.41) is 0. The van der Waals surface area contributed by atoms with Crippen LogP contribution in [0.1, 0.15) is 58.9 Å². The van der Waals surface area contributed by atoms with E-state index in [0.29, 0.717) is 0 Å². The zero-order valence-electron chi connectivity index (χ0n) is 18.7. The summed E-state index contributed by atoms with van der Waals surface area (Å²) in [6, 6.07) is 0. The van der Waals surface area contributed by atoms with Crippen molar-refractivity contribution in [3.63, 3.8) is 0 Å². The molecule has 0 aliphatic heterocycles. The second-order valence-corrected chi connectivity index (χ2v) is 6.88. The van der Waals surface area contributed by atoms with E-state index in [1.54, 1.807) is 0 Å². The normalized spacial score (nSPS) is 11.9. The van der Waals surface area contributed by atoms with E-state index in [0.717, 1.165) is 50.7 Å². The molecule has 2 nitrogen and oxygen atoms in total. The van der Waals surface area contributed by atoms with Crippen molar-refractivity contribution in [2.24, 2.45) is 7.05 Å². The van der Waals surface area contributed by atoms with Crippen LogP contribution in [0.25, 0.3) is 48.2 Å². The quantitative estimate of drug-likeness (QED) is 0.380. The van der Waals surface area contributed by atoms with Crippen LogP contribution in [-0.2, 0) is 7.05 Å². The highest BCUT2D eigenvalue weighted by Gasteiger charge is 2.19. The first-order chi connectivity index (χ1) is 14.4. The Morgan fingerprint density at radius 3 is 1.67 bits per heavy atom. The molecule has 2 rings (SSSR count). The summed E-state index contributed by atoms with van der Waals surface area (Å²) in [6.45, 7) is 26.4. The Kier molecular flexibility index (Phi) is 7.43. The van der Waals surface area contributed by atoms with Crippen molar-refractivity contribution in [3.05, 3.63) is 96.2 Å². The topological polar surface area (TPSA) is 9.86 Å². The van der Waals surface area contributed by atoms with Crippen LogP contribution >= 0.6 is 0 Å². The van der Waals surface area contributed by atoms with Crippen molar-refractivity contribution in [3.8, 4) is 0 Å². The molecule has 30 heavy (non-hydrogen) atoms. The van der Waals surface area contributed by atoms with Gasteiger partial charge in [-0.15, -0.1) is 0 Å². The highest BCUT2D eigenvalue weighted by atomic mass is 15.0. The van der Waals surface area contributed by atoms with Crippen LogP contribution in [0.4, 0.5) is 0 Å². The second kappa shape index (κ2) is 9.80. The van der Waals surface area contributed by atoms with Gasteiger partial charge in [-0.2, -0.15) is 0 Å². The average Bonchev–Trinajstić information content (AvgIpc) is 3.18. The summed E-state index contributed by atoms with van der Waals surface area (Å²) in [5.41, 5.74) is 9.45. The monoisotopic (exact) mass is 396 g/mol. The number of hydrogen-bond acceptors (Lipinski definition) is 0. The molecule has 2 aromatic rings. The molecule has 0 aliphatic rings.